The van der Waals surface area contributed by atoms with Crippen LogP contribution in [0.3, 0.4) is 0 Å². The zero-order valence-electron chi connectivity index (χ0n) is 13.9. The lowest BCUT2D eigenvalue weighted by molar-refractivity contribution is 0.157. The van der Waals surface area contributed by atoms with E-state index in [0.29, 0.717) is 16.9 Å². The highest BCUT2D eigenvalue weighted by molar-refractivity contribution is 7.16. The molecule has 0 saturated heterocycles. The van der Waals surface area contributed by atoms with Gasteiger partial charge in [0.05, 0.1) is 6.10 Å². The van der Waals surface area contributed by atoms with Crippen molar-refractivity contribution in [2.24, 2.45) is 0 Å². The molecule has 2 N–H and O–H groups in total. The third-order valence-electron chi connectivity index (χ3n) is 2.96. The van der Waals surface area contributed by atoms with Gasteiger partial charge in [0, 0.05) is 0 Å². The van der Waals surface area contributed by atoms with E-state index < -0.39 is 0 Å². The highest BCUT2D eigenvalue weighted by Gasteiger charge is 2.05. The second-order valence-corrected chi connectivity index (χ2v) is 6.02. The normalized spacial score (nSPS) is 13.6. The summed E-state index contributed by atoms with van der Waals surface area (Å²) in [7, 11) is 0. The number of hydrogen-bond acceptors (Lipinski definition) is 6. The fourth-order valence-corrected chi connectivity index (χ4v) is 2.08. The number of anilines is 1. The fraction of sp³-hybridized carbons (Fsp3) is 0.500. The first-order chi connectivity index (χ1) is 10.5. The summed E-state index contributed by atoms with van der Waals surface area (Å²) in [6, 6.07) is 0. The SMILES string of the molecule is C\C=C(/C=C\C(COc1nnc(N)s1)=C(\C)CC)OC(C)C. The van der Waals surface area contributed by atoms with Crippen LogP contribution in [0.15, 0.2) is 35.1 Å². The van der Waals surface area contributed by atoms with Crippen molar-refractivity contribution in [3.8, 4) is 5.19 Å². The summed E-state index contributed by atoms with van der Waals surface area (Å²) in [5.74, 6) is 0.844. The van der Waals surface area contributed by atoms with Crippen LogP contribution in [0.25, 0.3) is 0 Å². The van der Waals surface area contributed by atoms with E-state index >= 15 is 0 Å². The third-order valence-corrected chi connectivity index (χ3v) is 3.62. The minimum absolute atomic E-state index is 0.149. The molecule has 0 aliphatic rings. The van der Waals surface area contributed by atoms with E-state index in [-0.39, 0.29) is 6.10 Å². The Kier molecular flexibility index (Phi) is 7.66. The van der Waals surface area contributed by atoms with Crippen molar-refractivity contribution >= 4 is 16.5 Å². The molecule has 0 saturated carbocycles. The fourth-order valence-electron chi connectivity index (χ4n) is 1.62. The third kappa shape index (κ3) is 6.30. The maximum absolute atomic E-state index is 5.70. The molecule has 6 heteroatoms. The summed E-state index contributed by atoms with van der Waals surface area (Å²) >= 11 is 1.24. The maximum atomic E-state index is 5.70. The molecule has 0 aromatic carbocycles. The van der Waals surface area contributed by atoms with Crippen LogP contribution >= 0.6 is 11.3 Å². The number of allylic oxidation sites excluding steroid dienone is 3. The molecule has 0 spiro atoms. The van der Waals surface area contributed by atoms with Gasteiger partial charge in [0.2, 0.25) is 5.13 Å². The zero-order chi connectivity index (χ0) is 16.5. The number of nitrogens with two attached hydrogens (primary N) is 1. The second kappa shape index (κ2) is 9.25. The van der Waals surface area contributed by atoms with Gasteiger partial charge in [0.1, 0.15) is 12.4 Å². The van der Waals surface area contributed by atoms with Crippen molar-refractivity contribution in [3.63, 3.8) is 0 Å². The summed E-state index contributed by atoms with van der Waals surface area (Å²) in [4.78, 5) is 0. The van der Waals surface area contributed by atoms with E-state index in [1.807, 2.05) is 39.0 Å². The Morgan fingerprint density at radius 1 is 1.32 bits per heavy atom. The Bertz CT molecular complexity index is 559. The lowest BCUT2D eigenvalue weighted by atomic mass is 10.1. The minimum Gasteiger partial charge on any atom is -0.491 e. The summed E-state index contributed by atoms with van der Waals surface area (Å²) < 4.78 is 11.4. The van der Waals surface area contributed by atoms with Gasteiger partial charge in [-0.3, -0.25) is 0 Å². The molecule has 1 heterocycles. The molecule has 122 valence electrons. The molecule has 0 aliphatic heterocycles. The summed E-state index contributed by atoms with van der Waals surface area (Å²) in [5, 5.41) is 8.49. The van der Waals surface area contributed by atoms with Gasteiger partial charge in [0.25, 0.3) is 5.19 Å². The number of hydrogen-bond donors (Lipinski definition) is 1. The maximum Gasteiger partial charge on any atom is 0.296 e. The predicted octanol–water partition coefficient (Wildman–Crippen LogP) is 4.11. The zero-order valence-corrected chi connectivity index (χ0v) is 14.7. The van der Waals surface area contributed by atoms with Crippen LogP contribution in [0.2, 0.25) is 0 Å². The monoisotopic (exact) mass is 323 g/mol. The number of nitrogen functional groups attached to an aromatic ring is 1. The van der Waals surface area contributed by atoms with Gasteiger partial charge in [-0.1, -0.05) is 23.7 Å². The Hall–Kier alpha value is -1.82. The smallest absolute Gasteiger partial charge is 0.296 e. The minimum atomic E-state index is 0.149. The molecule has 0 aliphatic carbocycles. The molecular weight excluding hydrogens is 298 g/mol. The first-order valence-corrected chi connectivity index (χ1v) is 8.19. The van der Waals surface area contributed by atoms with Gasteiger partial charge in [-0.05, 0) is 63.2 Å². The number of ether oxygens (including phenoxy) is 2. The van der Waals surface area contributed by atoms with Gasteiger partial charge in [-0.2, -0.15) is 0 Å². The van der Waals surface area contributed by atoms with Gasteiger partial charge in [-0.15, -0.1) is 5.10 Å². The highest BCUT2D eigenvalue weighted by Crippen LogP contribution is 2.21. The first kappa shape index (κ1) is 18.2. The summed E-state index contributed by atoms with van der Waals surface area (Å²) in [5.41, 5.74) is 7.91. The van der Waals surface area contributed by atoms with Crippen molar-refractivity contribution in [1.82, 2.24) is 10.2 Å². The average Bonchev–Trinajstić information content (AvgIpc) is 2.90. The molecule has 0 amide bonds. The molecule has 1 aromatic heterocycles. The van der Waals surface area contributed by atoms with E-state index in [9.17, 15) is 0 Å². The topological polar surface area (TPSA) is 70.3 Å². The Labute approximate surface area is 136 Å². The van der Waals surface area contributed by atoms with E-state index in [1.54, 1.807) is 0 Å². The molecule has 22 heavy (non-hydrogen) atoms. The molecule has 0 radical (unpaired) electrons. The van der Waals surface area contributed by atoms with Crippen LogP contribution in [-0.4, -0.2) is 22.9 Å². The molecule has 5 nitrogen and oxygen atoms in total. The van der Waals surface area contributed by atoms with E-state index in [1.165, 1.54) is 16.9 Å². The van der Waals surface area contributed by atoms with Crippen LogP contribution in [0.1, 0.15) is 41.0 Å². The molecular formula is C16H25N3O2S. The second-order valence-electron chi connectivity index (χ2n) is 5.04. The largest absolute Gasteiger partial charge is 0.491 e. The van der Waals surface area contributed by atoms with E-state index in [0.717, 1.165) is 17.8 Å². The molecule has 1 aromatic rings. The lowest BCUT2D eigenvalue weighted by Gasteiger charge is -2.11. The van der Waals surface area contributed by atoms with Crippen molar-refractivity contribution in [3.05, 3.63) is 35.1 Å². The quantitative estimate of drug-likeness (QED) is 0.576. The Balaban J connectivity index is 2.77. The van der Waals surface area contributed by atoms with Crippen LogP contribution < -0.4 is 10.5 Å². The standard InChI is InChI=1S/C16H25N3O2S/c1-6-12(5)13(8-9-14(7-2)21-11(3)4)10-20-16-19-18-15(17)22-16/h7-9,11H,6,10H2,1-5H3,(H2,17,18)/b9-8-,13-12+,14-7+. The molecule has 0 atom stereocenters. The van der Waals surface area contributed by atoms with Gasteiger partial charge >= 0.3 is 0 Å². The molecule has 0 fully saturated rings. The van der Waals surface area contributed by atoms with E-state index in [4.69, 9.17) is 15.2 Å². The van der Waals surface area contributed by atoms with Gasteiger partial charge < -0.3 is 15.2 Å². The van der Waals surface area contributed by atoms with Crippen LogP contribution in [0, 0.1) is 0 Å². The van der Waals surface area contributed by atoms with Crippen LogP contribution in [0.5, 0.6) is 5.19 Å². The molecule has 1 rings (SSSR count). The van der Waals surface area contributed by atoms with Gasteiger partial charge in [-0.25, -0.2) is 0 Å². The number of aromatic nitrogens is 2. The highest BCUT2D eigenvalue weighted by atomic mass is 32.1. The van der Waals surface area contributed by atoms with Crippen molar-refractivity contribution < 1.29 is 9.47 Å². The lowest BCUT2D eigenvalue weighted by Crippen LogP contribution is -2.03. The number of rotatable bonds is 8. The summed E-state index contributed by atoms with van der Waals surface area (Å²) in [6.07, 6.45) is 7.04. The van der Waals surface area contributed by atoms with Crippen molar-refractivity contribution in [2.75, 3.05) is 12.3 Å². The average molecular weight is 323 g/mol. The van der Waals surface area contributed by atoms with Crippen molar-refractivity contribution in [2.45, 2.75) is 47.1 Å². The number of nitrogens with zero attached hydrogens (tertiary/aromatic N) is 2. The van der Waals surface area contributed by atoms with Crippen LogP contribution in [0.4, 0.5) is 5.13 Å². The van der Waals surface area contributed by atoms with Crippen LogP contribution in [-0.2, 0) is 4.74 Å². The van der Waals surface area contributed by atoms with E-state index in [2.05, 4.69) is 24.0 Å². The molecule has 0 unspecified atom stereocenters. The predicted molar refractivity (Wildman–Crippen MR) is 91.9 cm³/mol. The first-order valence-electron chi connectivity index (χ1n) is 7.37. The summed E-state index contributed by atoms with van der Waals surface area (Å²) in [6.45, 7) is 10.6. The van der Waals surface area contributed by atoms with Gasteiger partial charge in [0.15, 0.2) is 0 Å². The Morgan fingerprint density at radius 2 is 2.05 bits per heavy atom. The molecule has 0 bridgehead atoms. The van der Waals surface area contributed by atoms with Crippen molar-refractivity contribution in [1.29, 1.82) is 0 Å². The Morgan fingerprint density at radius 3 is 2.55 bits per heavy atom.